The van der Waals surface area contributed by atoms with Crippen LogP contribution in [0.1, 0.15) is 46.0 Å². The van der Waals surface area contributed by atoms with E-state index in [9.17, 15) is 5.11 Å². The number of likely N-dealkylation sites (tertiary alicyclic amines) is 1. The molecule has 1 fully saturated rings. The van der Waals surface area contributed by atoms with Gasteiger partial charge in [-0.1, -0.05) is 0 Å². The number of allylic oxidation sites excluding steroid dienone is 1. The normalized spacial score (nSPS) is 31.9. The van der Waals surface area contributed by atoms with Crippen LogP contribution in [0.15, 0.2) is 11.8 Å². The van der Waals surface area contributed by atoms with Crippen molar-refractivity contribution in [2.24, 2.45) is 0 Å². The summed E-state index contributed by atoms with van der Waals surface area (Å²) in [6.07, 6.45) is 6.91. The zero-order chi connectivity index (χ0) is 12.3. The second-order valence-electron chi connectivity index (χ2n) is 5.57. The molecule has 0 radical (unpaired) electrons. The van der Waals surface area contributed by atoms with Crippen LogP contribution in [0.4, 0.5) is 0 Å². The number of ether oxygens (including phenoxy) is 1. The van der Waals surface area contributed by atoms with Gasteiger partial charge in [-0.15, -0.1) is 0 Å². The quantitative estimate of drug-likeness (QED) is 0.802. The Bertz CT molecular complexity index is 288. The average molecular weight is 239 g/mol. The molecular weight excluding hydrogens is 214 g/mol. The molecule has 0 amide bonds. The Kier molecular flexibility index (Phi) is 4.10. The van der Waals surface area contributed by atoms with Gasteiger partial charge >= 0.3 is 0 Å². The Balaban J connectivity index is 2.03. The molecule has 2 aliphatic rings. The molecule has 98 valence electrons. The fraction of sp³-hybridized carbons (Fsp3) is 0.857. The molecule has 2 aliphatic heterocycles. The SMILES string of the molecule is CC(C)N1CCCC(O)(C2=CCCCO2)CC1. The zero-order valence-electron chi connectivity index (χ0n) is 11.1. The van der Waals surface area contributed by atoms with Crippen molar-refractivity contribution in [3.05, 3.63) is 11.8 Å². The van der Waals surface area contributed by atoms with Crippen LogP contribution in [0.5, 0.6) is 0 Å². The first-order valence-electron chi connectivity index (χ1n) is 6.92. The number of hydrogen-bond acceptors (Lipinski definition) is 3. The molecule has 3 heteroatoms. The van der Waals surface area contributed by atoms with E-state index in [1.165, 1.54) is 0 Å². The van der Waals surface area contributed by atoms with Gasteiger partial charge in [-0.25, -0.2) is 0 Å². The van der Waals surface area contributed by atoms with E-state index in [0.717, 1.165) is 57.6 Å². The molecule has 0 saturated carbocycles. The van der Waals surface area contributed by atoms with Crippen molar-refractivity contribution in [3.63, 3.8) is 0 Å². The fourth-order valence-corrected chi connectivity index (χ4v) is 2.78. The molecule has 1 saturated heterocycles. The Morgan fingerprint density at radius 1 is 1.29 bits per heavy atom. The molecule has 0 bridgehead atoms. The summed E-state index contributed by atoms with van der Waals surface area (Å²) < 4.78 is 5.66. The van der Waals surface area contributed by atoms with Gasteiger partial charge in [0.15, 0.2) is 0 Å². The van der Waals surface area contributed by atoms with Gasteiger partial charge in [0.05, 0.1) is 6.61 Å². The van der Waals surface area contributed by atoms with Gasteiger partial charge < -0.3 is 14.7 Å². The third-order valence-corrected chi connectivity index (χ3v) is 3.97. The predicted octanol–water partition coefficient (Wildman–Crippen LogP) is 2.31. The minimum atomic E-state index is -0.704. The van der Waals surface area contributed by atoms with Crippen LogP contribution < -0.4 is 0 Å². The van der Waals surface area contributed by atoms with Gasteiger partial charge in [0.25, 0.3) is 0 Å². The summed E-state index contributed by atoms with van der Waals surface area (Å²) in [6, 6.07) is 0.568. The number of nitrogens with zero attached hydrogens (tertiary/aromatic N) is 1. The Labute approximate surface area is 104 Å². The van der Waals surface area contributed by atoms with Crippen LogP contribution in [0.3, 0.4) is 0 Å². The van der Waals surface area contributed by atoms with Gasteiger partial charge in [-0.3, -0.25) is 0 Å². The van der Waals surface area contributed by atoms with Gasteiger partial charge in [-0.2, -0.15) is 0 Å². The molecule has 2 heterocycles. The largest absolute Gasteiger partial charge is 0.495 e. The lowest BCUT2D eigenvalue weighted by Crippen LogP contribution is -2.36. The first-order valence-corrected chi connectivity index (χ1v) is 6.92. The van der Waals surface area contributed by atoms with Crippen molar-refractivity contribution in [1.29, 1.82) is 0 Å². The molecule has 1 N–H and O–H groups in total. The van der Waals surface area contributed by atoms with Crippen molar-refractivity contribution in [2.75, 3.05) is 19.7 Å². The topological polar surface area (TPSA) is 32.7 Å². The zero-order valence-corrected chi connectivity index (χ0v) is 11.1. The van der Waals surface area contributed by atoms with Gasteiger partial charge in [0.2, 0.25) is 0 Å². The molecule has 0 aromatic carbocycles. The van der Waals surface area contributed by atoms with E-state index < -0.39 is 5.60 Å². The van der Waals surface area contributed by atoms with E-state index in [4.69, 9.17) is 4.74 Å². The molecule has 0 aromatic heterocycles. The van der Waals surface area contributed by atoms with Crippen molar-refractivity contribution < 1.29 is 9.84 Å². The first-order chi connectivity index (χ1) is 8.12. The number of hydrogen-bond donors (Lipinski definition) is 1. The molecule has 1 unspecified atom stereocenters. The maximum atomic E-state index is 10.8. The molecule has 0 aromatic rings. The monoisotopic (exact) mass is 239 g/mol. The standard InChI is InChI=1S/C14H25NO2/c1-12(2)15-9-5-7-14(16,8-10-15)13-6-3-4-11-17-13/h6,12,16H,3-5,7-11H2,1-2H3. The van der Waals surface area contributed by atoms with Gasteiger partial charge in [0.1, 0.15) is 11.4 Å². The lowest BCUT2D eigenvalue weighted by molar-refractivity contribution is -0.00682. The van der Waals surface area contributed by atoms with Gasteiger partial charge in [-0.05, 0) is 58.6 Å². The van der Waals surface area contributed by atoms with Crippen LogP contribution in [-0.2, 0) is 4.74 Å². The highest BCUT2D eigenvalue weighted by molar-refractivity contribution is 5.12. The smallest absolute Gasteiger partial charge is 0.124 e. The molecule has 17 heavy (non-hydrogen) atoms. The summed E-state index contributed by atoms with van der Waals surface area (Å²) >= 11 is 0. The average Bonchev–Trinajstić information content (AvgIpc) is 2.54. The van der Waals surface area contributed by atoms with Crippen LogP contribution in [0.2, 0.25) is 0 Å². The highest BCUT2D eigenvalue weighted by Crippen LogP contribution is 2.32. The van der Waals surface area contributed by atoms with Crippen LogP contribution in [-0.4, -0.2) is 41.3 Å². The minimum absolute atomic E-state index is 0.568. The van der Waals surface area contributed by atoms with E-state index in [0.29, 0.717) is 6.04 Å². The van der Waals surface area contributed by atoms with E-state index >= 15 is 0 Å². The Morgan fingerprint density at radius 2 is 2.12 bits per heavy atom. The van der Waals surface area contributed by atoms with E-state index in [-0.39, 0.29) is 0 Å². The predicted molar refractivity (Wildman–Crippen MR) is 68.8 cm³/mol. The van der Waals surface area contributed by atoms with Crippen molar-refractivity contribution in [2.45, 2.75) is 57.6 Å². The molecular formula is C14H25NO2. The van der Waals surface area contributed by atoms with Crippen molar-refractivity contribution in [3.8, 4) is 0 Å². The fourth-order valence-electron chi connectivity index (χ4n) is 2.78. The second kappa shape index (κ2) is 5.40. The van der Waals surface area contributed by atoms with E-state index in [2.05, 4.69) is 24.8 Å². The van der Waals surface area contributed by atoms with E-state index in [1.807, 2.05) is 0 Å². The second-order valence-corrected chi connectivity index (χ2v) is 5.57. The third kappa shape index (κ3) is 3.02. The first kappa shape index (κ1) is 12.9. The van der Waals surface area contributed by atoms with Crippen LogP contribution >= 0.6 is 0 Å². The van der Waals surface area contributed by atoms with E-state index in [1.54, 1.807) is 0 Å². The maximum Gasteiger partial charge on any atom is 0.124 e. The maximum absolute atomic E-state index is 10.8. The van der Waals surface area contributed by atoms with Crippen molar-refractivity contribution >= 4 is 0 Å². The third-order valence-electron chi connectivity index (χ3n) is 3.97. The summed E-state index contributed by atoms with van der Waals surface area (Å²) in [7, 11) is 0. The Morgan fingerprint density at radius 3 is 2.76 bits per heavy atom. The molecule has 3 nitrogen and oxygen atoms in total. The minimum Gasteiger partial charge on any atom is -0.495 e. The van der Waals surface area contributed by atoms with Crippen LogP contribution in [0, 0.1) is 0 Å². The highest BCUT2D eigenvalue weighted by Gasteiger charge is 2.36. The summed E-state index contributed by atoms with van der Waals surface area (Å²) in [5.41, 5.74) is -0.704. The molecule has 1 atom stereocenters. The molecule has 0 spiro atoms. The highest BCUT2D eigenvalue weighted by atomic mass is 16.5. The summed E-state index contributed by atoms with van der Waals surface area (Å²) in [6.45, 7) is 7.27. The summed E-state index contributed by atoms with van der Waals surface area (Å²) in [5.74, 6) is 0.842. The molecule has 0 aliphatic carbocycles. The lowest BCUT2D eigenvalue weighted by atomic mass is 9.91. The molecule has 2 rings (SSSR count). The lowest BCUT2D eigenvalue weighted by Gasteiger charge is -2.32. The summed E-state index contributed by atoms with van der Waals surface area (Å²) in [5, 5.41) is 10.8. The van der Waals surface area contributed by atoms with Gasteiger partial charge in [0, 0.05) is 12.6 Å². The summed E-state index contributed by atoms with van der Waals surface area (Å²) in [4.78, 5) is 2.45. The number of aliphatic hydroxyl groups is 1. The van der Waals surface area contributed by atoms with Crippen molar-refractivity contribution in [1.82, 2.24) is 4.90 Å². The Hall–Kier alpha value is -0.540. The number of rotatable bonds is 2. The van der Waals surface area contributed by atoms with Crippen LogP contribution in [0.25, 0.3) is 0 Å².